The number of rotatable bonds is 6. The first-order valence-corrected chi connectivity index (χ1v) is 13.2. The monoisotopic (exact) mass is 488 g/mol. The van der Waals surface area contributed by atoms with Crippen molar-refractivity contribution in [1.29, 1.82) is 0 Å². The van der Waals surface area contributed by atoms with Gasteiger partial charge in [0.2, 0.25) is 5.91 Å². The van der Waals surface area contributed by atoms with Crippen LogP contribution in [0.5, 0.6) is 0 Å². The summed E-state index contributed by atoms with van der Waals surface area (Å²) in [7, 11) is 0. The first-order chi connectivity index (χ1) is 17.0. The van der Waals surface area contributed by atoms with E-state index in [4.69, 9.17) is 15.1 Å². The number of anilines is 1. The van der Waals surface area contributed by atoms with Crippen molar-refractivity contribution < 1.29 is 4.79 Å². The standard InChI is InChI=1S/C27H32N6OS/c1-19(2)17-23-28-26(25-20(3)30-33(27(25)29-23)21-9-5-4-6-10-21)32-13-8-12-31(14-15-32)24(34)18-22-11-7-16-35-22/h4-7,9-11,16,19H,8,12-15,17-18H2,1-3H3. The van der Waals surface area contributed by atoms with Crippen LogP contribution in [0.4, 0.5) is 5.82 Å². The summed E-state index contributed by atoms with van der Waals surface area (Å²) in [6.07, 6.45) is 2.20. The van der Waals surface area contributed by atoms with Crippen LogP contribution in [0.25, 0.3) is 16.7 Å². The summed E-state index contributed by atoms with van der Waals surface area (Å²) in [4.78, 5) is 28.4. The highest BCUT2D eigenvalue weighted by molar-refractivity contribution is 7.10. The molecule has 1 aromatic carbocycles. The molecule has 1 saturated heterocycles. The first-order valence-electron chi connectivity index (χ1n) is 12.4. The minimum Gasteiger partial charge on any atom is -0.354 e. The normalized spacial score (nSPS) is 14.6. The zero-order chi connectivity index (χ0) is 24.4. The van der Waals surface area contributed by atoms with E-state index in [2.05, 4.69) is 30.9 Å². The van der Waals surface area contributed by atoms with Gasteiger partial charge in [-0.05, 0) is 42.8 Å². The molecule has 0 unspecified atom stereocenters. The topological polar surface area (TPSA) is 67.2 Å². The number of carbonyl (C=O) groups excluding carboxylic acids is 1. The van der Waals surface area contributed by atoms with Crippen molar-refractivity contribution in [3.63, 3.8) is 0 Å². The minimum absolute atomic E-state index is 0.204. The molecule has 0 radical (unpaired) electrons. The zero-order valence-corrected chi connectivity index (χ0v) is 21.5. The van der Waals surface area contributed by atoms with Gasteiger partial charge in [0.1, 0.15) is 11.6 Å². The molecule has 8 heteroatoms. The van der Waals surface area contributed by atoms with Crippen LogP contribution in [-0.4, -0.2) is 56.7 Å². The van der Waals surface area contributed by atoms with E-state index in [-0.39, 0.29) is 5.91 Å². The van der Waals surface area contributed by atoms with Gasteiger partial charge in [-0.15, -0.1) is 11.3 Å². The number of benzene rings is 1. The molecule has 4 aromatic rings. The van der Waals surface area contributed by atoms with Crippen LogP contribution >= 0.6 is 11.3 Å². The summed E-state index contributed by atoms with van der Waals surface area (Å²) in [6, 6.07) is 14.2. The Morgan fingerprint density at radius 3 is 2.60 bits per heavy atom. The van der Waals surface area contributed by atoms with Crippen molar-refractivity contribution in [2.45, 2.75) is 40.0 Å². The predicted octanol–water partition coefficient (Wildman–Crippen LogP) is 4.67. The molecule has 7 nitrogen and oxygen atoms in total. The van der Waals surface area contributed by atoms with Crippen LogP contribution in [0.1, 0.15) is 36.7 Å². The molecule has 182 valence electrons. The predicted molar refractivity (Wildman–Crippen MR) is 141 cm³/mol. The maximum atomic E-state index is 12.9. The van der Waals surface area contributed by atoms with Crippen LogP contribution in [0.3, 0.4) is 0 Å². The second-order valence-electron chi connectivity index (χ2n) is 9.57. The molecule has 0 aliphatic carbocycles. The summed E-state index contributed by atoms with van der Waals surface area (Å²) in [5, 5.41) is 7.90. The molecule has 0 atom stereocenters. The minimum atomic E-state index is 0.204. The number of para-hydroxylation sites is 1. The number of aryl methyl sites for hydroxylation is 1. The Bertz CT molecular complexity index is 1300. The lowest BCUT2D eigenvalue weighted by Crippen LogP contribution is -2.36. The van der Waals surface area contributed by atoms with Crippen molar-refractivity contribution in [2.75, 3.05) is 31.1 Å². The summed E-state index contributed by atoms with van der Waals surface area (Å²) < 4.78 is 1.94. The summed E-state index contributed by atoms with van der Waals surface area (Å²) in [6.45, 7) is 9.49. The molecule has 35 heavy (non-hydrogen) atoms. The third kappa shape index (κ3) is 5.07. The van der Waals surface area contributed by atoms with Gasteiger partial charge >= 0.3 is 0 Å². The number of amides is 1. The van der Waals surface area contributed by atoms with Crippen LogP contribution in [0, 0.1) is 12.8 Å². The number of aromatic nitrogens is 4. The van der Waals surface area contributed by atoms with Gasteiger partial charge in [0.05, 0.1) is 23.2 Å². The van der Waals surface area contributed by atoms with Crippen LogP contribution in [0.2, 0.25) is 0 Å². The van der Waals surface area contributed by atoms with E-state index >= 15 is 0 Å². The second-order valence-corrected chi connectivity index (χ2v) is 10.6. The van der Waals surface area contributed by atoms with Crippen LogP contribution in [-0.2, 0) is 17.6 Å². The maximum absolute atomic E-state index is 12.9. The molecule has 4 heterocycles. The highest BCUT2D eigenvalue weighted by Gasteiger charge is 2.25. The van der Waals surface area contributed by atoms with Crippen LogP contribution < -0.4 is 4.90 Å². The Hall–Kier alpha value is -3.26. The lowest BCUT2D eigenvalue weighted by molar-refractivity contribution is -0.130. The molecule has 5 rings (SSSR count). The van der Waals surface area contributed by atoms with Crippen molar-refractivity contribution in [3.8, 4) is 5.69 Å². The average Bonchev–Trinajstić information content (AvgIpc) is 3.38. The summed E-state index contributed by atoms with van der Waals surface area (Å²) in [5.41, 5.74) is 2.76. The fraction of sp³-hybridized carbons (Fsp3) is 0.407. The average molecular weight is 489 g/mol. The molecular formula is C27H32N6OS. The van der Waals surface area contributed by atoms with Gasteiger partial charge in [0, 0.05) is 37.5 Å². The van der Waals surface area contributed by atoms with Crippen LogP contribution in [0.15, 0.2) is 47.8 Å². The summed E-state index contributed by atoms with van der Waals surface area (Å²) >= 11 is 1.64. The molecule has 1 aliphatic heterocycles. The quantitative estimate of drug-likeness (QED) is 0.395. The zero-order valence-electron chi connectivity index (χ0n) is 20.6. The Labute approximate surface area is 210 Å². The molecule has 1 fully saturated rings. The molecule has 3 aromatic heterocycles. The fourth-order valence-corrected chi connectivity index (χ4v) is 5.39. The number of nitrogens with zero attached hydrogens (tertiary/aromatic N) is 6. The van der Waals surface area contributed by atoms with Crippen molar-refractivity contribution >= 4 is 34.1 Å². The van der Waals surface area contributed by atoms with Gasteiger partial charge < -0.3 is 9.80 Å². The van der Waals surface area contributed by atoms with Gasteiger partial charge in [-0.3, -0.25) is 4.79 Å². The third-order valence-electron chi connectivity index (χ3n) is 6.37. The second kappa shape index (κ2) is 10.2. The molecule has 1 amide bonds. The summed E-state index contributed by atoms with van der Waals surface area (Å²) in [5.74, 6) is 2.44. The highest BCUT2D eigenvalue weighted by Crippen LogP contribution is 2.30. The number of carbonyl (C=O) groups is 1. The SMILES string of the molecule is Cc1nn(-c2ccccc2)c2nc(CC(C)C)nc(N3CCCN(C(=O)Cc4cccs4)CC3)c12. The maximum Gasteiger partial charge on any atom is 0.227 e. The van der Waals surface area contributed by atoms with E-state index in [9.17, 15) is 4.79 Å². The Balaban J connectivity index is 1.48. The number of hydrogen-bond donors (Lipinski definition) is 0. The smallest absolute Gasteiger partial charge is 0.227 e. The van der Waals surface area contributed by atoms with Gasteiger partial charge in [0.25, 0.3) is 0 Å². The lowest BCUT2D eigenvalue weighted by atomic mass is 10.1. The van der Waals surface area contributed by atoms with E-state index < -0.39 is 0 Å². The Morgan fingerprint density at radius 1 is 1.03 bits per heavy atom. The van der Waals surface area contributed by atoms with E-state index in [0.717, 1.165) is 71.4 Å². The molecule has 0 spiro atoms. The van der Waals surface area contributed by atoms with Gasteiger partial charge in [-0.25, -0.2) is 14.6 Å². The largest absolute Gasteiger partial charge is 0.354 e. The number of hydrogen-bond acceptors (Lipinski definition) is 6. The lowest BCUT2D eigenvalue weighted by Gasteiger charge is -2.24. The molecule has 1 aliphatic rings. The molecule has 0 N–H and O–H groups in total. The Morgan fingerprint density at radius 2 is 1.86 bits per heavy atom. The number of fused-ring (bicyclic) bond motifs is 1. The van der Waals surface area contributed by atoms with E-state index in [1.807, 2.05) is 52.2 Å². The highest BCUT2D eigenvalue weighted by atomic mass is 32.1. The fourth-order valence-electron chi connectivity index (χ4n) is 4.69. The number of thiophene rings is 1. The van der Waals surface area contributed by atoms with E-state index in [1.165, 1.54) is 0 Å². The Kier molecular flexibility index (Phi) is 6.81. The van der Waals surface area contributed by atoms with Crippen molar-refractivity contribution in [2.24, 2.45) is 5.92 Å². The first kappa shape index (κ1) is 23.5. The van der Waals surface area contributed by atoms with Crippen molar-refractivity contribution in [1.82, 2.24) is 24.6 Å². The molecule has 0 saturated carbocycles. The third-order valence-corrected chi connectivity index (χ3v) is 7.25. The molecule has 0 bridgehead atoms. The van der Waals surface area contributed by atoms with Gasteiger partial charge in [-0.2, -0.15) is 5.10 Å². The molecular weight excluding hydrogens is 456 g/mol. The van der Waals surface area contributed by atoms with E-state index in [1.54, 1.807) is 11.3 Å². The van der Waals surface area contributed by atoms with Crippen molar-refractivity contribution in [3.05, 3.63) is 64.2 Å². The van der Waals surface area contributed by atoms with Gasteiger partial charge in [-0.1, -0.05) is 38.1 Å². The van der Waals surface area contributed by atoms with Gasteiger partial charge in [0.15, 0.2) is 5.65 Å². The van der Waals surface area contributed by atoms with E-state index in [0.29, 0.717) is 18.9 Å².